The van der Waals surface area contributed by atoms with Gasteiger partial charge < -0.3 is 21.1 Å². The zero-order valence-corrected chi connectivity index (χ0v) is 10.4. The van der Waals surface area contributed by atoms with Crippen LogP contribution in [0.25, 0.3) is 0 Å². The van der Waals surface area contributed by atoms with E-state index in [0.717, 1.165) is 18.1 Å². The summed E-state index contributed by atoms with van der Waals surface area (Å²) in [5.41, 5.74) is 12.2. The lowest BCUT2D eigenvalue weighted by molar-refractivity contribution is 0.0463. The number of carbonyl (C=O) groups excluding carboxylic acids is 1. The number of aromatic nitrogens is 1. The quantitative estimate of drug-likeness (QED) is 0.765. The van der Waals surface area contributed by atoms with Gasteiger partial charge in [0, 0.05) is 30.9 Å². The van der Waals surface area contributed by atoms with Crippen molar-refractivity contribution in [2.45, 2.75) is 13.0 Å². The molecule has 18 heavy (non-hydrogen) atoms. The molecule has 0 saturated carbocycles. The van der Waals surface area contributed by atoms with Gasteiger partial charge in [0.25, 0.3) is 0 Å². The van der Waals surface area contributed by atoms with E-state index in [1.165, 1.54) is 0 Å². The van der Waals surface area contributed by atoms with Gasteiger partial charge in [0.1, 0.15) is 5.82 Å². The third-order valence-corrected chi connectivity index (χ3v) is 2.95. The smallest absolute Gasteiger partial charge is 0.248 e. The Labute approximate surface area is 106 Å². The Bertz CT molecular complexity index is 450. The average Bonchev–Trinajstić information content (AvgIpc) is 2.38. The van der Waals surface area contributed by atoms with Crippen molar-refractivity contribution < 1.29 is 9.53 Å². The first-order valence-corrected chi connectivity index (χ1v) is 5.95. The molecule has 1 saturated heterocycles. The average molecular weight is 250 g/mol. The summed E-state index contributed by atoms with van der Waals surface area (Å²) >= 11 is 0. The molecule has 1 aromatic heterocycles. The number of pyridine rings is 1. The van der Waals surface area contributed by atoms with Gasteiger partial charge in [-0.2, -0.15) is 0 Å². The van der Waals surface area contributed by atoms with Gasteiger partial charge in [-0.15, -0.1) is 0 Å². The molecule has 0 spiro atoms. The van der Waals surface area contributed by atoms with Crippen molar-refractivity contribution in [3.63, 3.8) is 0 Å². The van der Waals surface area contributed by atoms with Crippen LogP contribution < -0.4 is 16.4 Å². The molecule has 98 valence electrons. The summed E-state index contributed by atoms with van der Waals surface area (Å²) in [6.07, 6.45) is 0.0121. The fourth-order valence-corrected chi connectivity index (χ4v) is 2.03. The van der Waals surface area contributed by atoms with E-state index in [1.807, 2.05) is 6.92 Å². The summed E-state index contributed by atoms with van der Waals surface area (Å²) < 4.78 is 5.50. The molecule has 0 radical (unpaired) electrons. The zero-order valence-electron chi connectivity index (χ0n) is 10.4. The number of amides is 1. The van der Waals surface area contributed by atoms with Crippen molar-refractivity contribution >= 4 is 11.7 Å². The van der Waals surface area contributed by atoms with Gasteiger partial charge in [-0.3, -0.25) is 4.79 Å². The van der Waals surface area contributed by atoms with E-state index in [0.29, 0.717) is 25.3 Å². The van der Waals surface area contributed by atoms with Gasteiger partial charge >= 0.3 is 0 Å². The van der Waals surface area contributed by atoms with Crippen LogP contribution in [-0.2, 0) is 4.74 Å². The van der Waals surface area contributed by atoms with Crippen molar-refractivity contribution in [1.82, 2.24) is 4.98 Å². The van der Waals surface area contributed by atoms with Gasteiger partial charge in [0.15, 0.2) is 0 Å². The van der Waals surface area contributed by atoms with Crippen LogP contribution in [-0.4, -0.2) is 43.2 Å². The lowest BCUT2D eigenvalue weighted by Crippen LogP contribution is -2.46. The van der Waals surface area contributed by atoms with Crippen LogP contribution in [0, 0.1) is 6.92 Å². The number of nitrogens with two attached hydrogens (primary N) is 2. The number of ether oxygens (including phenoxy) is 1. The molecule has 1 fully saturated rings. The van der Waals surface area contributed by atoms with Gasteiger partial charge in [-0.25, -0.2) is 4.98 Å². The summed E-state index contributed by atoms with van der Waals surface area (Å²) in [7, 11) is 0. The van der Waals surface area contributed by atoms with Gasteiger partial charge in [-0.1, -0.05) is 0 Å². The van der Waals surface area contributed by atoms with Gasteiger partial charge in [-0.05, 0) is 19.1 Å². The Morgan fingerprint density at radius 1 is 1.61 bits per heavy atom. The number of hydrogen-bond donors (Lipinski definition) is 2. The summed E-state index contributed by atoms with van der Waals surface area (Å²) in [4.78, 5) is 17.7. The fourth-order valence-electron chi connectivity index (χ4n) is 2.03. The number of carbonyl (C=O) groups is 1. The maximum absolute atomic E-state index is 11.2. The molecular formula is C12H18N4O2. The highest BCUT2D eigenvalue weighted by Crippen LogP contribution is 2.17. The van der Waals surface area contributed by atoms with Gasteiger partial charge in [0.2, 0.25) is 5.91 Å². The minimum absolute atomic E-state index is 0.0121. The molecule has 4 N–H and O–H groups in total. The summed E-state index contributed by atoms with van der Waals surface area (Å²) in [5.74, 6) is 0.316. The molecule has 1 atom stereocenters. The predicted molar refractivity (Wildman–Crippen MR) is 68.5 cm³/mol. The lowest BCUT2D eigenvalue weighted by Gasteiger charge is -2.33. The van der Waals surface area contributed by atoms with E-state index in [1.54, 1.807) is 12.1 Å². The highest BCUT2D eigenvalue weighted by atomic mass is 16.5. The fraction of sp³-hybridized carbons (Fsp3) is 0.500. The largest absolute Gasteiger partial charge is 0.373 e. The van der Waals surface area contributed by atoms with Crippen molar-refractivity contribution in [1.29, 1.82) is 0 Å². The number of aryl methyl sites for hydroxylation is 1. The van der Waals surface area contributed by atoms with Crippen LogP contribution in [0.3, 0.4) is 0 Å². The SMILES string of the molecule is Cc1cc(C(N)=O)cc(N2CCOC(CN)C2)n1. The summed E-state index contributed by atoms with van der Waals surface area (Å²) in [6.45, 7) is 4.36. The van der Waals surface area contributed by atoms with Crippen molar-refractivity contribution in [2.75, 3.05) is 31.1 Å². The molecule has 1 amide bonds. The molecule has 0 aromatic carbocycles. The zero-order chi connectivity index (χ0) is 13.1. The van der Waals surface area contributed by atoms with E-state index in [9.17, 15) is 4.79 Å². The number of anilines is 1. The van der Waals surface area contributed by atoms with E-state index in [-0.39, 0.29) is 6.10 Å². The monoisotopic (exact) mass is 250 g/mol. The van der Waals surface area contributed by atoms with Crippen LogP contribution in [0.2, 0.25) is 0 Å². The Morgan fingerprint density at radius 2 is 2.39 bits per heavy atom. The van der Waals surface area contributed by atoms with Crippen LogP contribution in [0.5, 0.6) is 0 Å². The minimum atomic E-state index is -0.439. The third kappa shape index (κ3) is 2.77. The van der Waals surface area contributed by atoms with Crippen LogP contribution in [0.1, 0.15) is 16.1 Å². The highest BCUT2D eigenvalue weighted by molar-refractivity contribution is 5.93. The van der Waals surface area contributed by atoms with Crippen LogP contribution >= 0.6 is 0 Å². The number of rotatable bonds is 3. The van der Waals surface area contributed by atoms with Crippen molar-refractivity contribution in [3.05, 3.63) is 23.4 Å². The van der Waals surface area contributed by atoms with Crippen LogP contribution in [0.4, 0.5) is 5.82 Å². The number of nitrogens with zero attached hydrogens (tertiary/aromatic N) is 2. The molecule has 1 aliphatic rings. The molecule has 0 aliphatic carbocycles. The number of primary amides is 1. The second-order valence-corrected chi connectivity index (χ2v) is 4.39. The van der Waals surface area contributed by atoms with E-state index in [4.69, 9.17) is 16.2 Å². The normalized spacial score (nSPS) is 19.9. The number of morpholine rings is 1. The molecule has 1 unspecified atom stereocenters. The predicted octanol–water partition coefficient (Wildman–Crippen LogP) is -0.347. The van der Waals surface area contributed by atoms with E-state index >= 15 is 0 Å². The topological polar surface area (TPSA) is 94.5 Å². The summed E-state index contributed by atoms with van der Waals surface area (Å²) in [5, 5.41) is 0. The first kappa shape index (κ1) is 12.8. The first-order chi connectivity index (χ1) is 8.60. The van der Waals surface area contributed by atoms with Crippen molar-refractivity contribution in [3.8, 4) is 0 Å². The van der Waals surface area contributed by atoms with Gasteiger partial charge in [0.05, 0.1) is 12.7 Å². The Balaban J connectivity index is 2.24. The molecule has 1 aromatic rings. The Morgan fingerprint density at radius 3 is 3.06 bits per heavy atom. The molecular weight excluding hydrogens is 232 g/mol. The maximum atomic E-state index is 11.2. The lowest BCUT2D eigenvalue weighted by atomic mass is 10.2. The third-order valence-electron chi connectivity index (χ3n) is 2.95. The highest BCUT2D eigenvalue weighted by Gasteiger charge is 2.21. The molecule has 0 bridgehead atoms. The Hall–Kier alpha value is -1.66. The number of hydrogen-bond acceptors (Lipinski definition) is 5. The second kappa shape index (κ2) is 5.32. The standard InChI is InChI=1S/C12H18N4O2/c1-8-4-9(12(14)17)5-11(15-8)16-2-3-18-10(6-13)7-16/h4-5,10H,2-3,6-7,13H2,1H3,(H2,14,17). The second-order valence-electron chi connectivity index (χ2n) is 4.39. The van der Waals surface area contributed by atoms with E-state index in [2.05, 4.69) is 9.88 Å². The minimum Gasteiger partial charge on any atom is -0.373 e. The maximum Gasteiger partial charge on any atom is 0.248 e. The first-order valence-electron chi connectivity index (χ1n) is 5.95. The Kier molecular flexibility index (Phi) is 3.78. The molecule has 6 heteroatoms. The van der Waals surface area contributed by atoms with Crippen LogP contribution in [0.15, 0.2) is 12.1 Å². The summed E-state index contributed by atoms with van der Waals surface area (Å²) in [6, 6.07) is 3.40. The molecule has 6 nitrogen and oxygen atoms in total. The van der Waals surface area contributed by atoms with Crippen molar-refractivity contribution in [2.24, 2.45) is 11.5 Å². The van der Waals surface area contributed by atoms with E-state index < -0.39 is 5.91 Å². The molecule has 2 heterocycles. The molecule has 1 aliphatic heterocycles. The molecule has 2 rings (SSSR count).